The smallest absolute Gasteiger partial charge is 0.296 e. The van der Waals surface area contributed by atoms with Crippen LogP contribution in [0, 0.1) is 5.92 Å². The molecule has 0 saturated carbocycles. The zero-order valence-electron chi connectivity index (χ0n) is 19.7. The van der Waals surface area contributed by atoms with Gasteiger partial charge < -0.3 is 4.90 Å². The Bertz CT molecular complexity index is 1540. The molecule has 1 N–H and O–H groups in total. The zero-order chi connectivity index (χ0) is 25.9. The average molecular weight is 539 g/mol. The number of benzene rings is 2. The first-order valence-corrected chi connectivity index (χ1v) is 14.1. The van der Waals surface area contributed by atoms with Crippen LogP contribution in [0.3, 0.4) is 0 Å². The minimum atomic E-state index is -4.26. The Morgan fingerprint density at radius 3 is 1.89 bits per heavy atom. The van der Waals surface area contributed by atoms with Crippen molar-refractivity contribution in [2.75, 3.05) is 32.7 Å². The van der Waals surface area contributed by atoms with Crippen LogP contribution in [-0.2, 0) is 20.1 Å². The van der Waals surface area contributed by atoms with E-state index in [1.54, 1.807) is 18.2 Å². The van der Waals surface area contributed by atoms with Gasteiger partial charge in [0.05, 0.1) is 0 Å². The number of hydrogen-bond acceptors (Lipinski definition) is 11. The summed E-state index contributed by atoms with van der Waals surface area (Å²) in [5, 5.41) is 14.2. The second kappa shape index (κ2) is 10.6. The van der Waals surface area contributed by atoms with E-state index >= 15 is 0 Å². The molecule has 0 radical (unpaired) electrons. The second-order valence-corrected chi connectivity index (χ2v) is 12.0. The molecule has 0 bridgehead atoms. The van der Waals surface area contributed by atoms with E-state index in [4.69, 9.17) is 4.55 Å². The monoisotopic (exact) mass is 538 g/mol. The Hall–Kier alpha value is -2.98. The summed E-state index contributed by atoms with van der Waals surface area (Å²) in [6.07, 6.45) is 1.14. The molecule has 1 saturated heterocycles. The van der Waals surface area contributed by atoms with E-state index in [1.165, 1.54) is 22.5 Å². The Morgan fingerprint density at radius 1 is 0.833 bits per heavy atom. The molecule has 36 heavy (non-hydrogen) atoms. The van der Waals surface area contributed by atoms with Gasteiger partial charge in [-0.15, -0.1) is 0 Å². The van der Waals surface area contributed by atoms with Gasteiger partial charge in [-0.3, -0.25) is 4.55 Å². The minimum Gasteiger partial charge on any atom is -0.301 e. The minimum absolute atomic E-state index is 0.0324. The molecule has 0 amide bonds. The molecule has 2 aromatic heterocycles. The van der Waals surface area contributed by atoms with Crippen LogP contribution in [0.15, 0.2) is 55.4 Å². The molecule has 3 heterocycles. The third-order valence-electron chi connectivity index (χ3n) is 5.75. The van der Waals surface area contributed by atoms with Gasteiger partial charge in [-0.2, -0.15) is 12.7 Å². The van der Waals surface area contributed by atoms with Crippen molar-refractivity contribution in [2.45, 2.75) is 30.1 Å². The summed E-state index contributed by atoms with van der Waals surface area (Å²) in [7, 11) is -7.83. The molecule has 1 aliphatic heterocycles. The van der Waals surface area contributed by atoms with Crippen LogP contribution in [0.2, 0.25) is 0 Å². The Morgan fingerprint density at radius 2 is 1.36 bits per heavy atom. The van der Waals surface area contributed by atoms with Gasteiger partial charge in [-0.25, -0.2) is 17.7 Å². The first-order valence-electron chi connectivity index (χ1n) is 11.2. The van der Waals surface area contributed by atoms with Gasteiger partial charge >= 0.3 is 0 Å². The normalized spacial score (nSPS) is 15.9. The molecule has 5 rings (SSSR count). The highest BCUT2D eigenvalue weighted by Crippen LogP contribution is 2.24. The predicted octanol–water partition coefficient (Wildman–Crippen LogP) is 2.04. The summed E-state index contributed by atoms with van der Waals surface area (Å²) in [5.41, 5.74) is 1.08. The molecule has 0 unspecified atom stereocenters. The summed E-state index contributed by atoms with van der Waals surface area (Å²) >= 11 is 0. The van der Waals surface area contributed by atoms with Gasteiger partial charge in [0, 0.05) is 26.2 Å². The number of fused-ring (bicyclic) bond motifs is 2. The summed E-state index contributed by atoms with van der Waals surface area (Å²) < 4.78 is 66.6. The average Bonchev–Trinajstić information content (AvgIpc) is 3.52. The van der Waals surface area contributed by atoms with Crippen LogP contribution in [0.25, 0.3) is 22.1 Å². The van der Waals surface area contributed by atoms with Crippen molar-refractivity contribution in [3.8, 4) is 0 Å². The SMILES string of the molecule is CC(C)CCN1CCN(S(=O)(=O)c2cccc3nonc23)CC1.O=S(=O)(O)c1cccc2nonc12. The number of sulfonamides is 1. The molecule has 1 fully saturated rings. The zero-order valence-corrected chi connectivity index (χ0v) is 21.3. The van der Waals surface area contributed by atoms with Gasteiger partial charge in [-0.05, 0) is 63.8 Å². The lowest BCUT2D eigenvalue weighted by atomic mass is 10.1. The maximum atomic E-state index is 12.9. The van der Waals surface area contributed by atoms with E-state index in [9.17, 15) is 16.8 Å². The second-order valence-electron chi connectivity index (χ2n) is 8.68. The predicted molar refractivity (Wildman–Crippen MR) is 128 cm³/mol. The van der Waals surface area contributed by atoms with Gasteiger partial charge in [0.1, 0.15) is 20.8 Å². The van der Waals surface area contributed by atoms with Crippen LogP contribution in [0.1, 0.15) is 20.3 Å². The molecule has 13 nitrogen and oxygen atoms in total. The molecule has 0 atom stereocenters. The van der Waals surface area contributed by atoms with E-state index in [0.717, 1.165) is 26.1 Å². The number of nitrogens with zero attached hydrogens (tertiary/aromatic N) is 6. The highest BCUT2D eigenvalue weighted by molar-refractivity contribution is 7.89. The summed E-state index contributed by atoms with van der Waals surface area (Å²) in [6, 6.07) is 9.11. The third-order valence-corrected chi connectivity index (χ3v) is 8.56. The van der Waals surface area contributed by atoms with Crippen molar-refractivity contribution in [1.29, 1.82) is 0 Å². The Labute approximate surface area is 207 Å². The highest BCUT2D eigenvalue weighted by atomic mass is 32.2. The van der Waals surface area contributed by atoms with Crippen LogP contribution in [-0.4, -0.2) is 83.9 Å². The van der Waals surface area contributed by atoms with Crippen molar-refractivity contribution in [3.05, 3.63) is 36.4 Å². The molecule has 4 aromatic rings. The van der Waals surface area contributed by atoms with Crippen molar-refractivity contribution in [1.82, 2.24) is 29.8 Å². The summed E-state index contributed by atoms with van der Waals surface area (Å²) in [4.78, 5) is 2.20. The first kappa shape index (κ1) is 26.1. The topological polar surface area (TPSA) is 173 Å². The van der Waals surface area contributed by atoms with E-state index in [2.05, 4.69) is 48.6 Å². The van der Waals surface area contributed by atoms with Gasteiger partial charge in [0.2, 0.25) is 10.0 Å². The van der Waals surface area contributed by atoms with Crippen molar-refractivity contribution in [2.24, 2.45) is 5.92 Å². The molecule has 2 aromatic carbocycles. The lowest BCUT2D eigenvalue weighted by Gasteiger charge is -2.34. The van der Waals surface area contributed by atoms with Crippen LogP contribution < -0.4 is 0 Å². The standard InChI is InChI=1S/C15H22N4O3S.C6H4N2O4S/c1-12(2)6-7-18-8-10-19(11-9-18)23(20,21)14-5-3-4-13-15(14)17-22-16-13;9-13(10,11)5-3-1-2-4-6(5)8-12-7-4/h3-5,12H,6-11H2,1-2H3;1-3H,(H,9,10,11). The maximum absolute atomic E-state index is 12.9. The largest absolute Gasteiger partial charge is 0.301 e. The van der Waals surface area contributed by atoms with Gasteiger partial charge in [0.15, 0.2) is 11.0 Å². The van der Waals surface area contributed by atoms with E-state index in [0.29, 0.717) is 30.0 Å². The Balaban J connectivity index is 0.000000197. The number of hydrogen-bond donors (Lipinski definition) is 1. The van der Waals surface area contributed by atoms with Crippen LogP contribution in [0.4, 0.5) is 0 Å². The Kier molecular flexibility index (Phi) is 7.65. The first-order chi connectivity index (χ1) is 17.1. The molecule has 0 spiro atoms. The molecule has 194 valence electrons. The van der Waals surface area contributed by atoms with Crippen molar-refractivity contribution >= 4 is 42.2 Å². The fourth-order valence-electron chi connectivity index (χ4n) is 3.75. The van der Waals surface area contributed by atoms with Crippen molar-refractivity contribution in [3.63, 3.8) is 0 Å². The molecular weight excluding hydrogens is 512 g/mol. The number of aromatic nitrogens is 4. The molecule has 15 heteroatoms. The van der Waals surface area contributed by atoms with Gasteiger partial charge in [0.25, 0.3) is 10.1 Å². The summed E-state index contributed by atoms with van der Waals surface area (Å²) in [5.74, 6) is 0.661. The lowest BCUT2D eigenvalue weighted by Crippen LogP contribution is -2.48. The molecular formula is C21H26N6O7S2. The van der Waals surface area contributed by atoms with Crippen molar-refractivity contribution < 1.29 is 30.6 Å². The number of piperazine rings is 1. The van der Waals surface area contributed by atoms with Crippen LogP contribution in [0.5, 0.6) is 0 Å². The quantitative estimate of drug-likeness (QED) is 0.354. The third kappa shape index (κ3) is 5.70. The fraction of sp³-hybridized carbons (Fsp3) is 0.429. The lowest BCUT2D eigenvalue weighted by molar-refractivity contribution is 0.180. The van der Waals surface area contributed by atoms with Crippen LogP contribution >= 0.6 is 0 Å². The van der Waals surface area contributed by atoms with Gasteiger partial charge in [-0.1, -0.05) is 26.0 Å². The van der Waals surface area contributed by atoms with E-state index in [1.807, 2.05) is 0 Å². The fourth-order valence-corrected chi connectivity index (χ4v) is 5.95. The maximum Gasteiger partial charge on any atom is 0.296 e. The number of rotatable bonds is 6. The van der Waals surface area contributed by atoms with E-state index in [-0.39, 0.29) is 20.8 Å². The molecule has 1 aliphatic rings. The highest BCUT2D eigenvalue weighted by Gasteiger charge is 2.30. The van der Waals surface area contributed by atoms with E-state index < -0.39 is 20.1 Å². The molecule has 0 aliphatic carbocycles. The summed E-state index contributed by atoms with van der Waals surface area (Å²) in [6.45, 7) is 7.96.